The molecule has 1 aromatic carbocycles. The normalized spacial score (nSPS) is 12.3. The summed E-state index contributed by atoms with van der Waals surface area (Å²) < 4.78 is 0. The second kappa shape index (κ2) is 5.95. The molecule has 19 heavy (non-hydrogen) atoms. The number of likely N-dealkylation sites (N-methyl/N-ethyl adjacent to an activating group) is 1. The van der Waals surface area contributed by atoms with Crippen LogP contribution in [0.4, 0.5) is 5.69 Å². The third-order valence-corrected chi connectivity index (χ3v) is 4.15. The van der Waals surface area contributed by atoms with Crippen molar-refractivity contribution in [3.8, 4) is 0 Å². The van der Waals surface area contributed by atoms with Crippen LogP contribution in [-0.2, 0) is 6.42 Å². The molecule has 1 N–H and O–H groups in total. The van der Waals surface area contributed by atoms with Crippen LogP contribution in [0.1, 0.15) is 21.4 Å². The first-order valence-electron chi connectivity index (χ1n) is 6.07. The maximum Gasteiger partial charge on any atom is 0.269 e. The molecule has 0 saturated carbocycles. The van der Waals surface area contributed by atoms with E-state index in [9.17, 15) is 10.1 Å². The molecule has 4 nitrogen and oxygen atoms in total. The largest absolute Gasteiger partial charge is 0.312 e. The number of rotatable bonds is 5. The molecule has 0 fully saturated rings. The zero-order chi connectivity index (χ0) is 13.8. The van der Waals surface area contributed by atoms with Gasteiger partial charge in [-0.2, -0.15) is 0 Å². The zero-order valence-corrected chi connectivity index (χ0v) is 11.7. The van der Waals surface area contributed by atoms with Crippen LogP contribution < -0.4 is 5.32 Å². The molecular weight excluding hydrogens is 260 g/mol. The highest BCUT2D eigenvalue weighted by Gasteiger charge is 2.13. The van der Waals surface area contributed by atoms with E-state index in [0.29, 0.717) is 0 Å². The van der Waals surface area contributed by atoms with Gasteiger partial charge in [-0.05, 0) is 38.1 Å². The molecule has 1 aromatic heterocycles. The van der Waals surface area contributed by atoms with Gasteiger partial charge in [-0.3, -0.25) is 10.1 Å². The predicted molar refractivity (Wildman–Crippen MR) is 77.7 cm³/mol. The highest BCUT2D eigenvalue weighted by Crippen LogP contribution is 2.26. The Morgan fingerprint density at radius 2 is 1.95 bits per heavy atom. The standard InChI is InChI=1S/C14H16N2O2S/c1-10-3-8-14(19-10)13(15-2)9-11-4-6-12(7-5-11)16(17)18/h3-8,13,15H,9H2,1-2H3. The van der Waals surface area contributed by atoms with E-state index in [4.69, 9.17) is 0 Å². The fraction of sp³-hybridized carbons (Fsp3) is 0.286. The molecule has 0 spiro atoms. The molecule has 0 aliphatic carbocycles. The van der Waals surface area contributed by atoms with Crippen LogP contribution >= 0.6 is 11.3 Å². The molecule has 1 heterocycles. The SMILES string of the molecule is CNC(Cc1ccc([N+](=O)[O-])cc1)c1ccc(C)s1. The lowest BCUT2D eigenvalue weighted by Crippen LogP contribution is -2.17. The van der Waals surface area contributed by atoms with Crippen LogP contribution in [0.5, 0.6) is 0 Å². The van der Waals surface area contributed by atoms with Crippen LogP contribution in [0.15, 0.2) is 36.4 Å². The summed E-state index contributed by atoms with van der Waals surface area (Å²) in [5.74, 6) is 0. The van der Waals surface area contributed by atoms with Gasteiger partial charge >= 0.3 is 0 Å². The second-order valence-electron chi connectivity index (χ2n) is 4.42. The second-order valence-corrected chi connectivity index (χ2v) is 5.74. The molecule has 0 saturated heterocycles. The van der Waals surface area contributed by atoms with Crippen molar-refractivity contribution in [1.29, 1.82) is 0 Å². The van der Waals surface area contributed by atoms with Crippen molar-refractivity contribution >= 4 is 17.0 Å². The Hall–Kier alpha value is -1.72. The molecule has 2 rings (SSSR count). The molecule has 5 heteroatoms. The fourth-order valence-electron chi connectivity index (χ4n) is 1.98. The summed E-state index contributed by atoms with van der Waals surface area (Å²) in [6.07, 6.45) is 0.828. The Morgan fingerprint density at radius 3 is 2.42 bits per heavy atom. The first-order chi connectivity index (χ1) is 9.10. The maximum atomic E-state index is 10.6. The Labute approximate surface area is 116 Å². The number of hydrogen-bond donors (Lipinski definition) is 1. The molecule has 0 aliphatic heterocycles. The summed E-state index contributed by atoms with van der Waals surface area (Å²) in [6, 6.07) is 11.3. The molecule has 0 amide bonds. The summed E-state index contributed by atoms with van der Waals surface area (Å²) in [7, 11) is 1.94. The van der Waals surface area contributed by atoms with E-state index >= 15 is 0 Å². The Bertz CT molecular complexity index is 563. The van der Waals surface area contributed by atoms with Gasteiger partial charge in [0.2, 0.25) is 0 Å². The van der Waals surface area contributed by atoms with Crippen molar-refractivity contribution in [2.75, 3.05) is 7.05 Å². The van der Waals surface area contributed by atoms with Crippen LogP contribution in [0.2, 0.25) is 0 Å². The van der Waals surface area contributed by atoms with Gasteiger partial charge < -0.3 is 5.32 Å². The van der Waals surface area contributed by atoms with Crippen molar-refractivity contribution < 1.29 is 4.92 Å². The van der Waals surface area contributed by atoms with E-state index in [2.05, 4.69) is 24.4 Å². The van der Waals surface area contributed by atoms with Crippen LogP contribution in [0, 0.1) is 17.0 Å². The highest BCUT2D eigenvalue weighted by molar-refractivity contribution is 7.12. The average Bonchev–Trinajstić information content (AvgIpc) is 2.83. The molecule has 1 atom stereocenters. The highest BCUT2D eigenvalue weighted by atomic mass is 32.1. The number of benzene rings is 1. The predicted octanol–water partition coefficient (Wildman–Crippen LogP) is 3.47. The minimum atomic E-state index is -0.373. The van der Waals surface area contributed by atoms with E-state index in [1.807, 2.05) is 19.2 Å². The summed E-state index contributed by atoms with van der Waals surface area (Å²) in [4.78, 5) is 12.8. The number of nitro groups is 1. The van der Waals surface area contributed by atoms with E-state index in [-0.39, 0.29) is 16.7 Å². The lowest BCUT2D eigenvalue weighted by Gasteiger charge is -2.14. The van der Waals surface area contributed by atoms with Crippen molar-refractivity contribution in [2.45, 2.75) is 19.4 Å². The topological polar surface area (TPSA) is 55.2 Å². The van der Waals surface area contributed by atoms with Crippen molar-refractivity contribution in [3.63, 3.8) is 0 Å². The van der Waals surface area contributed by atoms with E-state index in [1.54, 1.807) is 23.5 Å². The van der Waals surface area contributed by atoms with Gasteiger partial charge in [-0.15, -0.1) is 11.3 Å². The number of nitro benzene ring substituents is 1. The third kappa shape index (κ3) is 3.39. The number of nitrogens with one attached hydrogen (secondary N) is 1. The summed E-state index contributed by atoms with van der Waals surface area (Å²) >= 11 is 1.78. The number of aryl methyl sites for hydroxylation is 1. The minimum absolute atomic E-state index is 0.136. The van der Waals surface area contributed by atoms with Gasteiger partial charge in [0.25, 0.3) is 5.69 Å². The molecule has 2 aromatic rings. The first kappa shape index (κ1) is 13.7. The molecule has 0 bridgehead atoms. The summed E-state index contributed by atoms with van der Waals surface area (Å²) in [6.45, 7) is 2.09. The van der Waals surface area contributed by atoms with Crippen LogP contribution in [-0.4, -0.2) is 12.0 Å². The smallest absolute Gasteiger partial charge is 0.269 e. The average molecular weight is 276 g/mol. The molecule has 0 radical (unpaired) electrons. The number of thiophene rings is 1. The third-order valence-electron chi connectivity index (χ3n) is 3.04. The van der Waals surface area contributed by atoms with E-state index in [0.717, 1.165) is 12.0 Å². The monoisotopic (exact) mass is 276 g/mol. The Morgan fingerprint density at radius 1 is 1.26 bits per heavy atom. The molecule has 0 aliphatic rings. The summed E-state index contributed by atoms with van der Waals surface area (Å²) in [5.41, 5.74) is 1.23. The van der Waals surface area contributed by atoms with E-state index in [1.165, 1.54) is 9.75 Å². The van der Waals surface area contributed by atoms with Crippen molar-refractivity contribution in [3.05, 3.63) is 61.8 Å². The molecule has 1 unspecified atom stereocenters. The lowest BCUT2D eigenvalue weighted by molar-refractivity contribution is -0.384. The number of non-ortho nitro benzene ring substituents is 1. The van der Waals surface area contributed by atoms with Gasteiger partial charge in [-0.1, -0.05) is 12.1 Å². The van der Waals surface area contributed by atoms with Gasteiger partial charge in [0.05, 0.1) is 4.92 Å². The van der Waals surface area contributed by atoms with Gasteiger partial charge in [0, 0.05) is 27.9 Å². The fourth-order valence-corrected chi connectivity index (χ4v) is 2.96. The van der Waals surface area contributed by atoms with Crippen LogP contribution in [0.3, 0.4) is 0 Å². The zero-order valence-electron chi connectivity index (χ0n) is 10.9. The molecule has 100 valence electrons. The summed E-state index contributed by atoms with van der Waals surface area (Å²) in [5, 5.41) is 13.9. The molecular formula is C14H16N2O2S. The van der Waals surface area contributed by atoms with E-state index < -0.39 is 0 Å². The number of hydrogen-bond acceptors (Lipinski definition) is 4. The van der Waals surface area contributed by atoms with Crippen molar-refractivity contribution in [1.82, 2.24) is 5.32 Å². The van der Waals surface area contributed by atoms with Gasteiger partial charge in [-0.25, -0.2) is 0 Å². The van der Waals surface area contributed by atoms with Gasteiger partial charge in [0.1, 0.15) is 0 Å². The number of nitrogens with zero attached hydrogens (tertiary/aromatic N) is 1. The van der Waals surface area contributed by atoms with Crippen LogP contribution in [0.25, 0.3) is 0 Å². The van der Waals surface area contributed by atoms with Gasteiger partial charge in [0.15, 0.2) is 0 Å². The Balaban J connectivity index is 2.12. The maximum absolute atomic E-state index is 10.6. The lowest BCUT2D eigenvalue weighted by atomic mass is 10.0. The minimum Gasteiger partial charge on any atom is -0.312 e. The Kier molecular flexibility index (Phi) is 4.29. The quantitative estimate of drug-likeness (QED) is 0.672. The van der Waals surface area contributed by atoms with Crippen molar-refractivity contribution in [2.24, 2.45) is 0 Å². The first-order valence-corrected chi connectivity index (χ1v) is 6.88.